The van der Waals surface area contributed by atoms with Crippen LogP contribution in [0, 0.1) is 0 Å². The third kappa shape index (κ3) is 2.90. The van der Waals surface area contributed by atoms with E-state index in [0.717, 1.165) is 27.8 Å². The highest BCUT2D eigenvalue weighted by molar-refractivity contribution is 7.19. The van der Waals surface area contributed by atoms with Crippen LogP contribution in [0.1, 0.15) is 40.4 Å². The molecule has 1 fully saturated rings. The van der Waals surface area contributed by atoms with E-state index in [1.165, 1.54) is 0 Å². The molecule has 118 valence electrons. The molecule has 1 atom stereocenters. The van der Waals surface area contributed by atoms with E-state index < -0.39 is 6.10 Å². The van der Waals surface area contributed by atoms with Gasteiger partial charge in [-0.15, -0.1) is 11.3 Å². The minimum Gasteiger partial charge on any atom is -0.386 e. The van der Waals surface area contributed by atoms with Gasteiger partial charge in [-0.25, -0.2) is 0 Å². The Morgan fingerprint density at radius 2 is 2.13 bits per heavy atom. The van der Waals surface area contributed by atoms with Crippen molar-refractivity contribution in [1.82, 2.24) is 9.88 Å². The molecule has 23 heavy (non-hydrogen) atoms. The number of carbonyl (C=O) groups is 1. The monoisotopic (exact) mass is 326 g/mol. The van der Waals surface area contributed by atoms with Crippen LogP contribution in [0.15, 0.2) is 48.7 Å². The molecule has 2 N–H and O–H groups in total. The second kappa shape index (κ2) is 5.83. The lowest BCUT2D eigenvalue weighted by Gasteiger charge is -2.12. The number of rotatable bonds is 5. The smallest absolute Gasteiger partial charge is 0.268 e. The Bertz CT molecular complexity index is 814. The maximum atomic E-state index is 12.3. The number of aliphatic hydroxyl groups excluding tert-OH is 1. The van der Waals surface area contributed by atoms with Gasteiger partial charge >= 0.3 is 0 Å². The minimum atomic E-state index is -0.680. The zero-order valence-electron chi connectivity index (χ0n) is 12.6. The highest BCUT2D eigenvalue weighted by atomic mass is 32.1. The van der Waals surface area contributed by atoms with Gasteiger partial charge in [-0.1, -0.05) is 18.2 Å². The van der Waals surface area contributed by atoms with Gasteiger partial charge in [-0.3, -0.25) is 4.79 Å². The Morgan fingerprint density at radius 3 is 2.91 bits per heavy atom. The van der Waals surface area contributed by atoms with Crippen molar-refractivity contribution >= 4 is 27.3 Å². The summed E-state index contributed by atoms with van der Waals surface area (Å²) in [4.78, 5) is 13.2. The van der Waals surface area contributed by atoms with Gasteiger partial charge in [-0.2, -0.15) is 0 Å². The Kier molecular flexibility index (Phi) is 3.67. The topological polar surface area (TPSA) is 54.3 Å². The predicted octanol–water partition coefficient (Wildman–Crippen LogP) is 3.50. The van der Waals surface area contributed by atoms with Crippen molar-refractivity contribution in [2.45, 2.75) is 25.0 Å². The second-order valence-corrected chi connectivity index (χ2v) is 7.06. The SMILES string of the molecule is O=C(NCC(O)c1cc2ccccc2s1)c1cccn1C1CC1. The van der Waals surface area contributed by atoms with E-state index in [1.54, 1.807) is 11.3 Å². The van der Waals surface area contributed by atoms with Crippen LogP contribution in [0.4, 0.5) is 0 Å². The van der Waals surface area contributed by atoms with Crippen LogP contribution in [-0.4, -0.2) is 22.1 Å². The molecular weight excluding hydrogens is 308 g/mol. The molecule has 1 aliphatic carbocycles. The van der Waals surface area contributed by atoms with Crippen LogP contribution in [0.3, 0.4) is 0 Å². The molecule has 0 bridgehead atoms. The first-order valence-corrected chi connectivity index (χ1v) is 8.65. The van der Waals surface area contributed by atoms with Crippen molar-refractivity contribution in [3.63, 3.8) is 0 Å². The Labute approximate surface area is 138 Å². The lowest BCUT2D eigenvalue weighted by atomic mass is 10.2. The quantitative estimate of drug-likeness (QED) is 0.754. The molecular formula is C18H18N2O2S. The standard InChI is InChI=1S/C18H18N2O2S/c21-15(17-10-12-4-1-2-6-16(12)23-17)11-19-18(22)14-5-3-9-20(14)13-7-8-13/h1-6,9-10,13,15,21H,7-8,11H2,(H,19,22). The molecule has 0 saturated heterocycles. The Morgan fingerprint density at radius 1 is 1.30 bits per heavy atom. The summed E-state index contributed by atoms with van der Waals surface area (Å²) in [6.45, 7) is 0.224. The first-order chi connectivity index (χ1) is 11.2. The van der Waals surface area contributed by atoms with Gasteiger partial charge in [0.15, 0.2) is 0 Å². The van der Waals surface area contributed by atoms with Crippen LogP contribution < -0.4 is 5.32 Å². The number of amides is 1. The summed E-state index contributed by atoms with van der Waals surface area (Å²) in [5.41, 5.74) is 0.677. The van der Waals surface area contributed by atoms with Crippen molar-refractivity contribution in [3.05, 3.63) is 59.2 Å². The van der Waals surface area contributed by atoms with Gasteiger partial charge < -0.3 is 15.0 Å². The number of hydrogen-bond donors (Lipinski definition) is 2. The Balaban J connectivity index is 1.43. The zero-order valence-corrected chi connectivity index (χ0v) is 13.4. The number of benzene rings is 1. The molecule has 1 unspecified atom stereocenters. The van der Waals surface area contributed by atoms with Crippen LogP contribution >= 0.6 is 11.3 Å². The normalized spacial score (nSPS) is 15.7. The Hall–Kier alpha value is -2.11. The number of aromatic nitrogens is 1. The number of nitrogens with one attached hydrogen (secondary N) is 1. The first-order valence-electron chi connectivity index (χ1n) is 7.84. The molecule has 0 spiro atoms. The van der Waals surface area contributed by atoms with Crippen molar-refractivity contribution in [3.8, 4) is 0 Å². The van der Waals surface area contributed by atoms with E-state index >= 15 is 0 Å². The van der Waals surface area contributed by atoms with E-state index in [4.69, 9.17) is 0 Å². The summed E-state index contributed by atoms with van der Waals surface area (Å²) in [6.07, 6.45) is 3.55. The average Bonchev–Trinajstić information content (AvgIpc) is 3.13. The maximum Gasteiger partial charge on any atom is 0.268 e. The van der Waals surface area contributed by atoms with Crippen LogP contribution in [0.2, 0.25) is 0 Å². The molecule has 1 aromatic carbocycles. The lowest BCUT2D eigenvalue weighted by molar-refractivity contribution is 0.0908. The van der Waals surface area contributed by atoms with E-state index in [-0.39, 0.29) is 12.5 Å². The highest BCUT2D eigenvalue weighted by Crippen LogP contribution is 2.36. The highest BCUT2D eigenvalue weighted by Gasteiger charge is 2.26. The zero-order chi connectivity index (χ0) is 15.8. The number of fused-ring (bicyclic) bond motifs is 1. The van der Waals surface area contributed by atoms with Crippen molar-refractivity contribution in [2.24, 2.45) is 0 Å². The summed E-state index contributed by atoms with van der Waals surface area (Å²) in [5, 5.41) is 14.3. The number of carbonyl (C=O) groups excluding carboxylic acids is 1. The summed E-state index contributed by atoms with van der Waals surface area (Å²) in [5.74, 6) is -0.123. The maximum absolute atomic E-state index is 12.3. The molecule has 1 saturated carbocycles. The van der Waals surface area contributed by atoms with E-state index in [9.17, 15) is 9.90 Å². The molecule has 4 nitrogen and oxygen atoms in total. The fraction of sp³-hybridized carbons (Fsp3) is 0.278. The largest absolute Gasteiger partial charge is 0.386 e. The van der Waals surface area contributed by atoms with Gasteiger partial charge in [0, 0.05) is 28.4 Å². The average molecular weight is 326 g/mol. The van der Waals surface area contributed by atoms with Gasteiger partial charge in [0.2, 0.25) is 0 Å². The molecule has 0 radical (unpaired) electrons. The lowest BCUT2D eigenvalue weighted by Crippen LogP contribution is -2.29. The molecule has 2 heterocycles. The van der Waals surface area contributed by atoms with E-state index in [0.29, 0.717) is 11.7 Å². The first kappa shape index (κ1) is 14.5. The van der Waals surface area contributed by atoms with Crippen molar-refractivity contribution in [2.75, 3.05) is 6.54 Å². The number of thiophene rings is 1. The summed E-state index contributed by atoms with van der Waals surface area (Å²) < 4.78 is 3.18. The second-order valence-electron chi connectivity index (χ2n) is 5.94. The molecule has 1 aliphatic rings. The fourth-order valence-corrected chi connectivity index (χ4v) is 3.86. The predicted molar refractivity (Wildman–Crippen MR) is 91.8 cm³/mol. The number of nitrogens with zero attached hydrogens (tertiary/aromatic N) is 1. The van der Waals surface area contributed by atoms with Gasteiger partial charge in [0.05, 0.1) is 0 Å². The van der Waals surface area contributed by atoms with Crippen LogP contribution in [0.5, 0.6) is 0 Å². The van der Waals surface area contributed by atoms with Gasteiger partial charge in [0.1, 0.15) is 11.8 Å². The van der Waals surface area contributed by atoms with E-state index in [1.807, 2.05) is 53.2 Å². The number of aliphatic hydroxyl groups is 1. The number of hydrogen-bond acceptors (Lipinski definition) is 3. The molecule has 3 aromatic rings. The van der Waals surface area contributed by atoms with Crippen LogP contribution in [-0.2, 0) is 0 Å². The molecule has 0 aliphatic heterocycles. The van der Waals surface area contributed by atoms with Crippen molar-refractivity contribution in [1.29, 1.82) is 0 Å². The summed E-state index contributed by atoms with van der Waals surface area (Å²) >= 11 is 1.57. The third-order valence-electron chi connectivity index (χ3n) is 4.18. The third-order valence-corrected chi connectivity index (χ3v) is 5.40. The fourth-order valence-electron chi connectivity index (χ4n) is 2.80. The van der Waals surface area contributed by atoms with E-state index in [2.05, 4.69) is 5.32 Å². The van der Waals surface area contributed by atoms with Crippen LogP contribution in [0.25, 0.3) is 10.1 Å². The summed E-state index contributed by atoms with van der Waals surface area (Å²) in [6, 6.07) is 14.2. The molecule has 5 heteroatoms. The summed E-state index contributed by atoms with van der Waals surface area (Å²) in [7, 11) is 0. The molecule has 2 aromatic heterocycles. The van der Waals surface area contributed by atoms with Gasteiger partial charge in [-0.05, 0) is 42.5 Å². The molecule has 4 rings (SSSR count). The van der Waals surface area contributed by atoms with Gasteiger partial charge in [0.25, 0.3) is 5.91 Å². The molecule has 1 amide bonds. The van der Waals surface area contributed by atoms with Crippen molar-refractivity contribution < 1.29 is 9.90 Å². The minimum absolute atomic E-state index is 0.123.